The molecule has 1 aromatic heterocycles. The van der Waals surface area contributed by atoms with Crippen molar-refractivity contribution in [2.24, 2.45) is 0 Å². The Bertz CT molecular complexity index is 396. The minimum absolute atomic E-state index is 0.0330. The van der Waals surface area contributed by atoms with Gasteiger partial charge < -0.3 is 9.47 Å². The van der Waals surface area contributed by atoms with Crippen LogP contribution in [0.2, 0.25) is 0 Å². The zero-order chi connectivity index (χ0) is 10.6. The molecule has 5 nitrogen and oxygen atoms in total. The molecule has 72 valence electrons. The molecule has 0 fully saturated rings. The lowest BCUT2D eigenvalue weighted by molar-refractivity contribution is 0.0593. The van der Waals surface area contributed by atoms with Gasteiger partial charge in [0.15, 0.2) is 5.69 Å². The molecule has 14 heavy (non-hydrogen) atoms. The number of methoxy groups -OCH3 is 2. The van der Waals surface area contributed by atoms with E-state index in [0.717, 1.165) is 0 Å². The first-order valence-electron chi connectivity index (χ1n) is 3.76. The maximum absolute atomic E-state index is 11.2. The molecule has 0 saturated carbocycles. The quantitative estimate of drug-likeness (QED) is 0.646. The fourth-order valence-electron chi connectivity index (χ4n) is 0.974. The second kappa shape index (κ2) is 4.23. The number of rotatable bonds is 2. The van der Waals surface area contributed by atoms with Crippen LogP contribution in [0.5, 0.6) is 5.75 Å². The standard InChI is InChI=1S/C9H8N2O3/c1-13-7-3-4-11-8(6(7)5-10)9(12)14-2/h3-4H,1-2H3. The predicted octanol–water partition coefficient (Wildman–Crippen LogP) is 0.748. The van der Waals surface area contributed by atoms with Gasteiger partial charge in [-0.15, -0.1) is 0 Å². The number of esters is 1. The normalized spacial score (nSPS) is 8.93. The van der Waals surface area contributed by atoms with Gasteiger partial charge in [0.25, 0.3) is 0 Å². The SMILES string of the molecule is COC(=O)c1nccc(OC)c1C#N. The Kier molecular flexibility index (Phi) is 3.02. The molecule has 1 rings (SSSR count). The molecule has 1 aromatic rings. The van der Waals surface area contributed by atoms with Crippen LogP contribution >= 0.6 is 0 Å². The van der Waals surface area contributed by atoms with Gasteiger partial charge in [0.1, 0.15) is 17.4 Å². The van der Waals surface area contributed by atoms with Gasteiger partial charge in [0, 0.05) is 6.20 Å². The zero-order valence-corrected chi connectivity index (χ0v) is 7.77. The summed E-state index contributed by atoms with van der Waals surface area (Å²) < 4.78 is 9.37. The Labute approximate surface area is 80.9 Å². The van der Waals surface area contributed by atoms with Crippen LogP contribution in [0.25, 0.3) is 0 Å². The van der Waals surface area contributed by atoms with E-state index in [4.69, 9.17) is 10.00 Å². The molecule has 0 saturated heterocycles. The molecule has 0 aromatic carbocycles. The van der Waals surface area contributed by atoms with Crippen molar-refractivity contribution in [3.63, 3.8) is 0 Å². The van der Waals surface area contributed by atoms with E-state index in [-0.39, 0.29) is 11.3 Å². The Morgan fingerprint density at radius 1 is 1.57 bits per heavy atom. The summed E-state index contributed by atoms with van der Waals surface area (Å²) in [6.07, 6.45) is 1.38. The van der Waals surface area contributed by atoms with Crippen LogP contribution in [0, 0.1) is 11.3 Å². The summed E-state index contributed by atoms with van der Waals surface area (Å²) in [7, 11) is 2.64. The van der Waals surface area contributed by atoms with Crippen LogP contribution in [-0.4, -0.2) is 25.2 Å². The Hall–Kier alpha value is -2.09. The molecular formula is C9H8N2O3. The van der Waals surface area contributed by atoms with Crippen LogP contribution in [0.15, 0.2) is 12.3 Å². The van der Waals surface area contributed by atoms with Crippen molar-refractivity contribution < 1.29 is 14.3 Å². The van der Waals surface area contributed by atoms with Crippen LogP contribution in [0.1, 0.15) is 16.1 Å². The van der Waals surface area contributed by atoms with Gasteiger partial charge in [-0.05, 0) is 6.07 Å². The van der Waals surface area contributed by atoms with E-state index in [1.807, 2.05) is 6.07 Å². The van der Waals surface area contributed by atoms with Crippen LogP contribution in [0.3, 0.4) is 0 Å². The number of carbonyl (C=O) groups excluding carboxylic acids is 1. The molecule has 5 heteroatoms. The fraction of sp³-hybridized carbons (Fsp3) is 0.222. The largest absolute Gasteiger partial charge is 0.495 e. The molecular weight excluding hydrogens is 184 g/mol. The van der Waals surface area contributed by atoms with Crippen molar-refractivity contribution in [1.29, 1.82) is 5.26 Å². The summed E-state index contributed by atoms with van der Waals surface area (Å²) in [5.41, 5.74) is 0.0520. The summed E-state index contributed by atoms with van der Waals surface area (Å²) in [5.74, 6) is -0.344. The molecule has 0 aliphatic rings. The molecule has 0 radical (unpaired) electrons. The molecule has 0 atom stereocenters. The van der Waals surface area contributed by atoms with E-state index in [1.54, 1.807) is 0 Å². The first kappa shape index (κ1) is 9.99. The number of ether oxygens (including phenoxy) is 2. The molecule has 0 spiro atoms. The molecule has 0 aliphatic heterocycles. The molecule has 0 aliphatic carbocycles. The van der Waals surface area contributed by atoms with Gasteiger partial charge in [-0.3, -0.25) is 0 Å². The maximum Gasteiger partial charge on any atom is 0.358 e. The van der Waals surface area contributed by atoms with E-state index < -0.39 is 5.97 Å². The van der Waals surface area contributed by atoms with Gasteiger partial charge >= 0.3 is 5.97 Å². The lowest BCUT2D eigenvalue weighted by atomic mass is 10.2. The summed E-state index contributed by atoms with van der Waals surface area (Å²) >= 11 is 0. The zero-order valence-electron chi connectivity index (χ0n) is 7.77. The predicted molar refractivity (Wildman–Crippen MR) is 46.8 cm³/mol. The van der Waals surface area contributed by atoms with E-state index in [2.05, 4.69) is 9.72 Å². The number of pyridine rings is 1. The van der Waals surface area contributed by atoms with E-state index in [9.17, 15) is 4.79 Å². The first-order chi connectivity index (χ1) is 6.74. The number of aromatic nitrogens is 1. The summed E-state index contributed by atoms with van der Waals surface area (Å²) in [5, 5.41) is 8.80. The topological polar surface area (TPSA) is 72.2 Å². The van der Waals surface area contributed by atoms with E-state index >= 15 is 0 Å². The second-order valence-corrected chi connectivity index (χ2v) is 2.34. The molecule has 0 unspecified atom stereocenters. The summed E-state index contributed by atoms with van der Waals surface area (Å²) in [6, 6.07) is 3.35. The van der Waals surface area contributed by atoms with Crippen molar-refractivity contribution in [3.05, 3.63) is 23.5 Å². The smallest absolute Gasteiger partial charge is 0.358 e. The van der Waals surface area contributed by atoms with Crippen molar-refractivity contribution in [3.8, 4) is 11.8 Å². The van der Waals surface area contributed by atoms with Gasteiger partial charge in [-0.1, -0.05) is 0 Å². The fourth-order valence-corrected chi connectivity index (χ4v) is 0.974. The van der Waals surface area contributed by atoms with Crippen molar-refractivity contribution in [2.45, 2.75) is 0 Å². The molecule has 1 heterocycles. The van der Waals surface area contributed by atoms with Crippen molar-refractivity contribution >= 4 is 5.97 Å². The van der Waals surface area contributed by atoms with Gasteiger partial charge in [-0.25, -0.2) is 9.78 Å². The van der Waals surface area contributed by atoms with Crippen LogP contribution in [0.4, 0.5) is 0 Å². The average Bonchev–Trinajstić information content (AvgIpc) is 2.26. The number of hydrogen-bond acceptors (Lipinski definition) is 5. The first-order valence-corrected chi connectivity index (χ1v) is 3.76. The van der Waals surface area contributed by atoms with E-state index in [0.29, 0.717) is 5.75 Å². The highest BCUT2D eigenvalue weighted by molar-refractivity contribution is 5.90. The Morgan fingerprint density at radius 2 is 2.29 bits per heavy atom. The molecule has 0 bridgehead atoms. The monoisotopic (exact) mass is 192 g/mol. The minimum Gasteiger partial charge on any atom is -0.495 e. The lowest BCUT2D eigenvalue weighted by Crippen LogP contribution is -2.08. The maximum atomic E-state index is 11.2. The molecule has 0 amide bonds. The second-order valence-electron chi connectivity index (χ2n) is 2.34. The molecule has 0 N–H and O–H groups in total. The third-order valence-electron chi connectivity index (χ3n) is 1.62. The van der Waals surface area contributed by atoms with Crippen LogP contribution in [-0.2, 0) is 4.74 Å². The highest BCUT2D eigenvalue weighted by atomic mass is 16.5. The van der Waals surface area contributed by atoms with Crippen molar-refractivity contribution in [1.82, 2.24) is 4.98 Å². The van der Waals surface area contributed by atoms with Gasteiger partial charge in [0.05, 0.1) is 14.2 Å². The highest BCUT2D eigenvalue weighted by Gasteiger charge is 2.17. The number of nitrogens with zero attached hydrogens (tertiary/aromatic N) is 2. The summed E-state index contributed by atoms with van der Waals surface area (Å²) in [6.45, 7) is 0. The minimum atomic E-state index is -0.652. The number of carbonyl (C=O) groups is 1. The number of hydrogen-bond donors (Lipinski definition) is 0. The number of nitriles is 1. The van der Waals surface area contributed by atoms with Crippen molar-refractivity contribution in [2.75, 3.05) is 14.2 Å². The summed E-state index contributed by atoms with van der Waals surface area (Å²) in [4.78, 5) is 14.9. The third-order valence-corrected chi connectivity index (χ3v) is 1.62. The third kappa shape index (κ3) is 1.64. The van der Waals surface area contributed by atoms with Gasteiger partial charge in [0.2, 0.25) is 0 Å². The van der Waals surface area contributed by atoms with Crippen LogP contribution < -0.4 is 4.74 Å². The Morgan fingerprint density at radius 3 is 2.79 bits per heavy atom. The average molecular weight is 192 g/mol. The highest BCUT2D eigenvalue weighted by Crippen LogP contribution is 2.19. The van der Waals surface area contributed by atoms with E-state index in [1.165, 1.54) is 26.5 Å². The van der Waals surface area contributed by atoms with Gasteiger partial charge in [-0.2, -0.15) is 5.26 Å². The Balaban J connectivity index is 3.31. The lowest BCUT2D eigenvalue weighted by Gasteiger charge is -2.04.